The lowest BCUT2D eigenvalue weighted by Crippen LogP contribution is -2.47. The maximum Gasteiger partial charge on any atom is 0.325 e. The van der Waals surface area contributed by atoms with Gasteiger partial charge in [0.2, 0.25) is 5.91 Å². The minimum absolute atomic E-state index is 0.299. The van der Waals surface area contributed by atoms with Crippen LogP contribution < -0.4 is 10.6 Å². The quantitative estimate of drug-likeness (QED) is 0.719. The summed E-state index contributed by atoms with van der Waals surface area (Å²) in [4.78, 5) is 39.4. The molecule has 1 atom stereocenters. The normalized spacial score (nSPS) is 20.2. The van der Waals surface area contributed by atoms with Crippen molar-refractivity contribution >= 4 is 23.5 Å². The number of imide groups is 1. The van der Waals surface area contributed by atoms with E-state index in [1.54, 1.807) is 0 Å². The van der Waals surface area contributed by atoms with E-state index in [0.717, 1.165) is 48.1 Å². The van der Waals surface area contributed by atoms with Gasteiger partial charge < -0.3 is 10.6 Å². The fraction of sp³-hybridized carbons (Fsp3) is 0.375. The summed E-state index contributed by atoms with van der Waals surface area (Å²) in [6.45, 7) is 1.85. The third kappa shape index (κ3) is 3.70. The van der Waals surface area contributed by atoms with E-state index >= 15 is 0 Å². The van der Waals surface area contributed by atoms with Gasteiger partial charge in [-0.2, -0.15) is 0 Å². The zero-order chi connectivity index (χ0) is 21.1. The van der Waals surface area contributed by atoms with Gasteiger partial charge >= 0.3 is 6.03 Å². The Morgan fingerprint density at radius 3 is 2.67 bits per heavy atom. The minimum Gasteiger partial charge on any atom is -0.325 e. The second-order valence-corrected chi connectivity index (χ2v) is 8.09. The molecule has 6 nitrogen and oxygen atoms in total. The van der Waals surface area contributed by atoms with Gasteiger partial charge in [0.05, 0.1) is 0 Å². The molecule has 2 aliphatic rings. The highest BCUT2D eigenvalue weighted by Crippen LogP contribution is 2.39. The molecule has 1 aliphatic heterocycles. The first-order valence-electron chi connectivity index (χ1n) is 10.6. The monoisotopic (exact) mass is 405 g/mol. The molecule has 1 aliphatic carbocycles. The summed E-state index contributed by atoms with van der Waals surface area (Å²) in [5.74, 6) is -0.731. The van der Waals surface area contributed by atoms with Crippen LogP contribution in [0.1, 0.15) is 49.3 Å². The number of anilines is 1. The van der Waals surface area contributed by atoms with E-state index in [-0.39, 0.29) is 18.4 Å². The number of hydrogen-bond acceptors (Lipinski definition) is 3. The van der Waals surface area contributed by atoms with Crippen LogP contribution in [-0.2, 0) is 28.0 Å². The van der Waals surface area contributed by atoms with Crippen LogP contribution in [0, 0.1) is 0 Å². The number of benzene rings is 2. The molecule has 1 fully saturated rings. The fourth-order valence-electron chi connectivity index (χ4n) is 4.43. The number of urea groups is 1. The number of carbonyl (C=O) groups is 3. The molecule has 4 amide bonds. The molecule has 2 aromatic carbocycles. The molecule has 1 unspecified atom stereocenters. The Kier molecular flexibility index (Phi) is 5.57. The molecule has 1 saturated heterocycles. The van der Waals surface area contributed by atoms with E-state index in [2.05, 4.69) is 17.6 Å². The van der Waals surface area contributed by atoms with Crippen LogP contribution in [0.15, 0.2) is 48.5 Å². The van der Waals surface area contributed by atoms with E-state index < -0.39 is 11.6 Å². The molecule has 0 saturated carbocycles. The Hall–Kier alpha value is -3.15. The molecule has 0 aromatic heterocycles. The second-order valence-electron chi connectivity index (χ2n) is 8.09. The largest absolute Gasteiger partial charge is 0.325 e. The first-order chi connectivity index (χ1) is 14.5. The van der Waals surface area contributed by atoms with E-state index in [0.29, 0.717) is 12.1 Å². The molecule has 30 heavy (non-hydrogen) atoms. The van der Waals surface area contributed by atoms with Crippen LogP contribution in [0.2, 0.25) is 0 Å². The van der Waals surface area contributed by atoms with Crippen molar-refractivity contribution in [3.63, 3.8) is 0 Å². The van der Waals surface area contributed by atoms with Crippen molar-refractivity contribution in [1.29, 1.82) is 0 Å². The Bertz CT molecular complexity index is 970. The van der Waals surface area contributed by atoms with Crippen molar-refractivity contribution in [3.8, 4) is 0 Å². The van der Waals surface area contributed by atoms with E-state index in [4.69, 9.17) is 0 Å². The molecule has 6 heteroatoms. The second kappa shape index (κ2) is 8.30. The van der Waals surface area contributed by atoms with E-state index in [9.17, 15) is 14.4 Å². The third-order valence-corrected chi connectivity index (χ3v) is 6.01. The predicted molar refractivity (Wildman–Crippen MR) is 115 cm³/mol. The van der Waals surface area contributed by atoms with Crippen LogP contribution in [0.5, 0.6) is 0 Å². The van der Waals surface area contributed by atoms with Crippen molar-refractivity contribution in [2.75, 3.05) is 11.9 Å². The first kappa shape index (κ1) is 20.1. The number of rotatable bonds is 6. The smallest absolute Gasteiger partial charge is 0.325 e. The summed E-state index contributed by atoms with van der Waals surface area (Å²) < 4.78 is 0. The minimum atomic E-state index is -1.05. The maximum atomic E-state index is 13.3. The standard InChI is InChI=1S/C24H27N3O3/c1-2-3-7-17-11-13-19(14-12-17)25-21(28)16-27-22(29)24(26-23(27)30)15-6-9-18-8-4-5-10-20(18)24/h4-5,8,10-14H,2-3,6-7,9,15-16H2,1H3,(H,25,28)(H,26,30). The Labute approximate surface area is 176 Å². The van der Waals surface area contributed by atoms with Crippen LogP contribution in [0.4, 0.5) is 10.5 Å². The third-order valence-electron chi connectivity index (χ3n) is 6.01. The highest BCUT2D eigenvalue weighted by Gasteiger charge is 2.54. The zero-order valence-corrected chi connectivity index (χ0v) is 17.2. The molecule has 2 aromatic rings. The van der Waals surface area contributed by atoms with Crippen molar-refractivity contribution in [2.24, 2.45) is 0 Å². The molecule has 1 spiro atoms. The first-order valence-corrected chi connectivity index (χ1v) is 10.6. The molecule has 156 valence electrons. The number of amides is 4. The van der Waals surface area contributed by atoms with Gasteiger partial charge in [0, 0.05) is 5.69 Å². The lowest BCUT2D eigenvalue weighted by Gasteiger charge is -2.33. The van der Waals surface area contributed by atoms with Gasteiger partial charge in [-0.3, -0.25) is 14.5 Å². The summed E-state index contributed by atoms with van der Waals surface area (Å²) in [5, 5.41) is 5.67. The van der Waals surface area contributed by atoms with Crippen molar-refractivity contribution in [2.45, 2.75) is 51.0 Å². The van der Waals surface area contributed by atoms with Crippen molar-refractivity contribution < 1.29 is 14.4 Å². The van der Waals surface area contributed by atoms with Crippen LogP contribution >= 0.6 is 0 Å². The van der Waals surface area contributed by atoms with Crippen LogP contribution in [0.25, 0.3) is 0 Å². The number of fused-ring (bicyclic) bond motifs is 2. The van der Waals surface area contributed by atoms with Crippen LogP contribution in [0.3, 0.4) is 0 Å². The molecular formula is C24H27N3O3. The van der Waals surface area contributed by atoms with Gasteiger partial charge in [-0.25, -0.2) is 4.79 Å². The number of carbonyl (C=O) groups excluding carboxylic acids is 3. The summed E-state index contributed by atoms with van der Waals surface area (Å²) in [7, 11) is 0. The molecule has 0 radical (unpaired) electrons. The van der Waals surface area contributed by atoms with Crippen molar-refractivity contribution in [3.05, 3.63) is 65.2 Å². The highest BCUT2D eigenvalue weighted by atomic mass is 16.2. The Morgan fingerprint density at radius 1 is 1.13 bits per heavy atom. The van der Waals surface area contributed by atoms with Gasteiger partial charge in [0.15, 0.2) is 0 Å². The highest BCUT2D eigenvalue weighted by molar-refractivity contribution is 6.10. The maximum absolute atomic E-state index is 13.3. The number of hydrogen-bond donors (Lipinski definition) is 2. The number of nitrogens with one attached hydrogen (secondary N) is 2. The zero-order valence-electron chi connectivity index (χ0n) is 17.2. The topological polar surface area (TPSA) is 78.5 Å². The average molecular weight is 405 g/mol. The predicted octanol–water partition coefficient (Wildman–Crippen LogP) is 3.75. The van der Waals surface area contributed by atoms with Gasteiger partial charge in [-0.15, -0.1) is 0 Å². The van der Waals surface area contributed by atoms with E-state index in [1.807, 2.05) is 48.5 Å². The SMILES string of the molecule is CCCCc1ccc(NC(=O)CN2C(=O)NC3(CCCc4ccccc43)C2=O)cc1. The molecular weight excluding hydrogens is 378 g/mol. The lowest BCUT2D eigenvalue weighted by atomic mass is 9.76. The van der Waals surface area contributed by atoms with Gasteiger partial charge in [-0.1, -0.05) is 49.7 Å². The summed E-state index contributed by atoms with van der Waals surface area (Å²) in [5.41, 5.74) is 2.76. The summed E-state index contributed by atoms with van der Waals surface area (Å²) >= 11 is 0. The molecule has 0 bridgehead atoms. The summed E-state index contributed by atoms with van der Waals surface area (Å²) in [6, 6.07) is 14.9. The van der Waals surface area contributed by atoms with Crippen molar-refractivity contribution in [1.82, 2.24) is 10.2 Å². The molecule has 1 heterocycles. The van der Waals surface area contributed by atoms with Gasteiger partial charge in [0.25, 0.3) is 5.91 Å². The Balaban J connectivity index is 1.45. The Morgan fingerprint density at radius 2 is 1.90 bits per heavy atom. The van der Waals surface area contributed by atoms with Gasteiger partial charge in [0.1, 0.15) is 12.1 Å². The lowest BCUT2D eigenvalue weighted by molar-refractivity contribution is -0.134. The fourth-order valence-corrected chi connectivity index (χ4v) is 4.43. The van der Waals surface area contributed by atoms with Crippen LogP contribution in [-0.4, -0.2) is 29.3 Å². The van der Waals surface area contributed by atoms with E-state index in [1.165, 1.54) is 5.56 Å². The molecule has 4 rings (SSSR count). The van der Waals surface area contributed by atoms with Gasteiger partial charge in [-0.05, 0) is 60.9 Å². The number of nitrogens with zero attached hydrogens (tertiary/aromatic N) is 1. The number of aryl methyl sites for hydroxylation is 2. The summed E-state index contributed by atoms with van der Waals surface area (Å²) in [6.07, 6.45) is 5.52. The number of unbranched alkanes of at least 4 members (excludes halogenated alkanes) is 1. The molecule has 2 N–H and O–H groups in total. The average Bonchev–Trinajstić information content (AvgIpc) is 2.98.